The van der Waals surface area contributed by atoms with Crippen LogP contribution in [0.4, 0.5) is 13.2 Å². The van der Waals surface area contributed by atoms with E-state index >= 15 is 0 Å². The third-order valence-electron chi connectivity index (χ3n) is 4.12. The Hall–Kier alpha value is -1.04. The molecule has 0 aromatic carbocycles. The van der Waals surface area contributed by atoms with Gasteiger partial charge in [0.15, 0.2) is 0 Å². The second-order valence-corrected chi connectivity index (χ2v) is 5.70. The summed E-state index contributed by atoms with van der Waals surface area (Å²) in [5.41, 5.74) is 1.42. The van der Waals surface area contributed by atoms with Gasteiger partial charge < -0.3 is 5.32 Å². The number of halogens is 3. The Morgan fingerprint density at radius 2 is 2.26 bits per heavy atom. The van der Waals surface area contributed by atoms with Crippen LogP contribution in [0.3, 0.4) is 0 Å². The molecule has 1 N–H and O–H groups in total. The van der Waals surface area contributed by atoms with E-state index in [1.165, 1.54) is 4.68 Å². The molecule has 1 aromatic rings. The Kier molecular flexibility index (Phi) is 3.08. The van der Waals surface area contributed by atoms with E-state index in [0.717, 1.165) is 5.69 Å². The van der Waals surface area contributed by atoms with Crippen LogP contribution in [0, 0.1) is 5.92 Å². The van der Waals surface area contributed by atoms with Crippen molar-refractivity contribution in [3.05, 3.63) is 17.0 Å². The SMILES string of the molecule is C[C@@H]1Cc2nn3c(c2CN1)C(F)(F)CC(CF)CC3. The molecule has 3 rings (SSSR count). The molecule has 2 atom stereocenters. The van der Waals surface area contributed by atoms with Gasteiger partial charge in [0.2, 0.25) is 0 Å². The van der Waals surface area contributed by atoms with Crippen molar-refractivity contribution in [2.45, 2.75) is 51.2 Å². The fraction of sp³-hybridized carbons (Fsp3) is 0.769. The molecule has 0 saturated heterocycles. The van der Waals surface area contributed by atoms with Crippen LogP contribution >= 0.6 is 0 Å². The summed E-state index contributed by atoms with van der Waals surface area (Å²) in [6.45, 7) is 2.16. The van der Waals surface area contributed by atoms with Crippen molar-refractivity contribution in [3.63, 3.8) is 0 Å². The lowest BCUT2D eigenvalue weighted by atomic mass is 9.94. The van der Waals surface area contributed by atoms with E-state index in [1.54, 1.807) is 0 Å². The van der Waals surface area contributed by atoms with Gasteiger partial charge in [0, 0.05) is 37.5 Å². The number of hydrogen-bond acceptors (Lipinski definition) is 2. The standard InChI is InChI=1S/C13H18F3N3/c1-8-4-11-10(7-17-8)12-13(15,16)5-9(6-14)2-3-19(12)18-11/h8-9,17H,2-7H2,1H3/t8-,9?/m1/s1. The van der Waals surface area contributed by atoms with E-state index in [4.69, 9.17) is 0 Å². The molecule has 106 valence electrons. The van der Waals surface area contributed by atoms with Crippen molar-refractivity contribution in [3.8, 4) is 0 Å². The molecule has 1 aromatic heterocycles. The van der Waals surface area contributed by atoms with Gasteiger partial charge in [-0.15, -0.1) is 0 Å². The van der Waals surface area contributed by atoms with Gasteiger partial charge in [-0.1, -0.05) is 0 Å². The van der Waals surface area contributed by atoms with E-state index in [-0.39, 0.29) is 11.7 Å². The molecule has 0 spiro atoms. The molecule has 3 nitrogen and oxygen atoms in total. The highest BCUT2D eigenvalue weighted by Gasteiger charge is 2.44. The minimum Gasteiger partial charge on any atom is -0.310 e. The van der Waals surface area contributed by atoms with E-state index in [1.807, 2.05) is 6.92 Å². The van der Waals surface area contributed by atoms with Crippen molar-refractivity contribution in [2.24, 2.45) is 5.92 Å². The average molecular weight is 273 g/mol. The van der Waals surface area contributed by atoms with E-state index in [9.17, 15) is 13.2 Å². The Balaban J connectivity index is 2.03. The molecule has 0 fully saturated rings. The lowest BCUT2D eigenvalue weighted by Crippen LogP contribution is -2.34. The van der Waals surface area contributed by atoms with Gasteiger partial charge >= 0.3 is 0 Å². The lowest BCUT2D eigenvalue weighted by Gasteiger charge is -2.23. The number of aryl methyl sites for hydroxylation is 1. The minimum atomic E-state index is -2.98. The van der Waals surface area contributed by atoms with Gasteiger partial charge in [0.1, 0.15) is 5.69 Å². The van der Waals surface area contributed by atoms with Crippen LogP contribution in [0.5, 0.6) is 0 Å². The number of nitrogens with one attached hydrogen (secondary N) is 1. The van der Waals surface area contributed by atoms with Crippen molar-refractivity contribution < 1.29 is 13.2 Å². The summed E-state index contributed by atoms with van der Waals surface area (Å²) in [5, 5.41) is 7.54. The number of alkyl halides is 3. The maximum absolute atomic E-state index is 14.4. The van der Waals surface area contributed by atoms with Crippen LogP contribution in [0.15, 0.2) is 0 Å². The topological polar surface area (TPSA) is 29.9 Å². The second-order valence-electron chi connectivity index (χ2n) is 5.70. The summed E-state index contributed by atoms with van der Waals surface area (Å²) < 4.78 is 42.9. The van der Waals surface area contributed by atoms with Gasteiger partial charge in [-0.2, -0.15) is 13.9 Å². The first kappa shape index (κ1) is 13.0. The average Bonchev–Trinajstić information content (AvgIpc) is 2.66. The summed E-state index contributed by atoms with van der Waals surface area (Å²) in [5.74, 6) is -3.54. The molecule has 1 unspecified atom stereocenters. The first-order valence-corrected chi connectivity index (χ1v) is 6.77. The molecular weight excluding hydrogens is 255 g/mol. The molecule has 0 amide bonds. The first-order chi connectivity index (χ1) is 9.01. The molecular formula is C13H18F3N3. The molecule has 2 aliphatic rings. The summed E-state index contributed by atoms with van der Waals surface area (Å²) in [6.07, 6.45) is 0.706. The van der Waals surface area contributed by atoms with Gasteiger partial charge in [0.05, 0.1) is 12.4 Å². The van der Waals surface area contributed by atoms with E-state index < -0.39 is 24.9 Å². The van der Waals surface area contributed by atoms with Crippen LogP contribution in [0.2, 0.25) is 0 Å². The minimum absolute atomic E-state index is 0.0119. The molecule has 19 heavy (non-hydrogen) atoms. The molecule has 0 saturated carbocycles. The Bertz CT molecular complexity index is 484. The van der Waals surface area contributed by atoms with Gasteiger partial charge in [-0.3, -0.25) is 9.07 Å². The second kappa shape index (κ2) is 4.51. The molecule has 3 heterocycles. The smallest absolute Gasteiger partial charge is 0.290 e. The number of nitrogens with zero attached hydrogens (tertiary/aromatic N) is 2. The van der Waals surface area contributed by atoms with E-state index in [0.29, 0.717) is 31.5 Å². The summed E-state index contributed by atoms with van der Waals surface area (Å²) >= 11 is 0. The summed E-state index contributed by atoms with van der Waals surface area (Å²) in [7, 11) is 0. The van der Waals surface area contributed by atoms with Crippen molar-refractivity contribution in [1.29, 1.82) is 0 Å². The highest BCUT2D eigenvalue weighted by Crippen LogP contribution is 2.41. The Labute approximate surface area is 110 Å². The Morgan fingerprint density at radius 3 is 3.00 bits per heavy atom. The number of rotatable bonds is 1. The zero-order valence-corrected chi connectivity index (χ0v) is 10.9. The molecule has 0 aliphatic carbocycles. The molecule has 2 aliphatic heterocycles. The van der Waals surface area contributed by atoms with Crippen molar-refractivity contribution in [2.75, 3.05) is 6.67 Å². The zero-order valence-electron chi connectivity index (χ0n) is 10.9. The van der Waals surface area contributed by atoms with E-state index in [2.05, 4.69) is 10.4 Å². The van der Waals surface area contributed by atoms with Gasteiger partial charge in [-0.05, 0) is 19.3 Å². The first-order valence-electron chi connectivity index (χ1n) is 6.77. The Morgan fingerprint density at radius 1 is 1.47 bits per heavy atom. The third-order valence-corrected chi connectivity index (χ3v) is 4.12. The molecule has 6 heteroatoms. The maximum Gasteiger partial charge on any atom is 0.290 e. The molecule has 0 radical (unpaired) electrons. The highest BCUT2D eigenvalue weighted by atomic mass is 19.3. The number of fused-ring (bicyclic) bond motifs is 3. The number of hydrogen-bond donors (Lipinski definition) is 1. The fourth-order valence-corrected chi connectivity index (χ4v) is 3.11. The predicted octanol–water partition coefficient (Wildman–Crippen LogP) is 2.39. The number of aromatic nitrogens is 2. The lowest BCUT2D eigenvalue weighted by molar-refractivity contribution is -0.0346. The van der Waals surface area contributed by atoms with Crippen LogP contribution in [0.1, 0.15) is 36.7 Å². The predicted molar refractivity (Wildman–Crippen MR) is 64.8 cm³/mol. The van der Waals surface area contributed by atoms with Gasteiger partial charge in [0.25, 0.3) is 5.92 Å². The van der Waals surface area contributed by atoms with Crippen molar-refractivity contribution >= 4 is 0 Å². The van der Waals surface area contributed by atoms with Gasteiger partial charge in [-0.25, -0.2) is 0 Å². The highest BCUT2D eigenvalue weighted by molar-refractivity contribution is 5.32. The third kappa shape index (κ3) is 2.16. The normalized spacial score (nSPS) is 29.5. The largest absolute Gasteiger partial charge is 0.310 e. The molecule has 0 bridgehead atoms. The maximum atomic E-state index is 14.4. The van der Waals surface area contributed by atoms with Crippen LogP contribution in [0.25, 0.3) is 0 Å². The summed E-state index contributed by atoms with van der Waals surface area (Å²) in [6, 6.07) is 0.263. The van der Waals surface area contributed by atoms with Crippen molar-refractivity contribution in [1.82, 2.24) is 15.1 Å². The monoisotopic (exact) mass is 273 g/mol. The van der Waals surface area contributed by atoms with Crippen LogP contribution < -0.4 is 5.32 Å². The fourth-order valence-electron chi connectivity index (χ4n) is 3.11. The van der Waals surface area contributed by atoms with Crippen LogP contribution in [-0.2, 0) is 25.4 Å². The quantitative estimate of drug-likeness (QED) is 0.851. The van der Waals surface area contributed by atoms with Crippen LogP contribution in [-0.4, -0.2) is 22.5 Å². The zero-order chi connectivity index (χ0) is 13.6. The summed E-state index contributed by atoms with van der Waals surface area (Å²) in [4.78, 5) is 0.